The number of esters is 1. The summed E-state index contributed by atoms with van der Waals surface area (Å²) in [6.07, 6.45) is 0. The van der Waals surface area contributed by atoms with Crippen molar-refractivity contribution in [2.75, 3.05) is 13.2 Å². The number of aliphatic imine (C=N–C) groups is 1. The molecule has 4 nitrogen and oxygen atoms in total. The zero-order valence-electron chi connectivity index (χ0n) is 9.73. The molecule has 1 aromatic rings. The number of carbonyl (C=O) groups excluding carboxylic acids is 1. The number of rotatable bonds is 5. The molecule has 0 aliphatic rings. The van der Waals surface area contributed by atoms with Gasteiger partial charge in [-0.25, -0.2) is 4.79 Å². The fourth-order valence-electron chi connectivity index (χ4n) is 1.27. The van der Waals surface area contributed by atoms with Crippen LogP contribution in [0.4, 0.5) is 5.69 Å². The first-order chi connectivity index (χ1) is 8.22. The summed E-state index contributed by atoms with van der Waals surface area (Å²) in [7, 11) is 0. The monoisotopic (exact) mass is 251 g/mol. The van der Waals surface area contributed by atoms with Gasteiger partial charge in [0.2, 0.25) is 0 Å². The van der Waals surface area contributed by atoms with E-state index in [4.69, 9.17) is 9.47 Å². The van der Waals surface area contributed by atoms with Crippen LogP contribution in [0, 0.1) is 0 Å². The SMILES string of the molecule is CCOC(=O)c1ccc(OCC)c(N=C=S)c1. The minimum Gasteiger partial charge on any atom is -0.492 e. The maximum Gasteiger partial charge on any atom is 0.338 e. The molecule has 5 heteroatoms. The van der Waals surface area contributed by atoms with E-state index in [9.17, 15) is 4.79 Å². The van der Waals surface area contributed by atoms with Crippen molar-refractivity contribution >= 4 is 29.0 Å². The summed E-state index contributed by atoms with van der Waals surface area (Å²) in [5, 5.41) is 2.26. The van der Waals surface area contributed by atoms with Crippen LogP contribution in [-0.2, 0) is 4.74 Å². The molecule has 0 aliphatic heterocycles. The molecule has 0 spiro atoms. The van der Waals surface area contributed by atoms with Gasteiger partial charge in [0, 0.05) is 0 Å². The second kappa shape index (κ2) is 6.78. The van der Waals surface area contributed by atoms with Gasteiger partial charge in [0.05, 0.1) is 23.9 Å². The average Bonchev–Trinajstić information content (AvgIpc) is 2.32. The largest absolute Gasteiger partial charge is 0.492 e. The molecule has 0 fully saturated rings. The third-order valence-electron chi connectivity index (χ3n) is 1.94. The highest BCUT2D eigenvalue weighted by Crippen LogP contribution is 2.28. The second-order valence-electron chi connectivity index (χ2n) is 3.04. The molecule has 0 aliphatic carbocycles. The molecule has 0 amide bonds. The molecule has 0 heterocycles. The Bertz CT molecular complexity index is 453. The van der Waals surface area contributed by atoms with E-state index < -0.39 is 5.97 Å². The molecule has 1 aromatic carbocycles. The van der Waals surface area contributed by atoms with E-state index in [1.165, 1.54) is 0 Å². The van der Waals surface area contributed by atoms with E-state index in [1.807, 2.05) is 6.92 Å². The lowest BCUT2D eigenvalue weighted by Gasteiger charge is -2.07. The average molecular weight is 251 g/mol. The molecular weight excluding hydrogens is 238 g/mol. The lowest BCUT2D eigenvalue weighted by Crippen LogP contribution is -2.04. The Hall–Kier alpha value is -1.71. The Kier molecular flexibility index (Phi) is 5.33. The van der Waals surface area contributed by atoms with E-state index in [1.54, 1.807) is 25.1 Å². The van der Waals surface area contributed by atoms with E-state index in [-0.39, 0.29) is 0 Å². The van der Waals surface area contributed by atoms with Crippen LogP contribution in [0.15, 0.2) is 23.2 Å². The number of hydrogen-bond donors (Lipinski definition) is 0. The van der Waals surface area contributed by atoms with Crippen molar-refractivity contribution in [3.8, 4) is 5.75 Å². The van der Waals surface area contributed by atoms with Gasteiger partial charge in [-0.3, -0.25) is 0 Å². The van der Waals surface area contributed by atoms with Crippen molar-refractivity contribution < 1.29 is 14.3 Å². The van der Waals surface area contributed by atoms with Gasteiger partial charge >= 0.3 is 5.97 Å². The molecule has 0 unspecified atom stereocenters. The topological polar surface area (TPSA) is 47.9 Å². The van der Waals surface area contributed by atoms with Crippen LogP contribution in [0.25, 0.3) is 0 Å². The summed E-state index contributed by atoms with van der Waals surface area (Å²) < 4.78 is 10.2. The van der Waals surface area contributed by atoms with Gasteiger partial charge < -0.3 is 9.47 Å². The van der Waals surface area contributed by atoms with Crippen molar-refractivity contribution in [1.82, 2.24) is 0 Å². The predicted molar refractivity (Wildman–Crippen MR) is 68.3 cm³/mol. The lowest BCUT2D eigenvalue weighted by atomic mass is 10.2. The number of thiocarbonyl (C=S) groups is 1. The number of hydrogen-bond acceptors (Lipinski definition) is 5. The minimum atomic E-state index is -0.392. The summed E-state index contributed by atoms with van der Waals surface area (Å²) in [5.74, 6) is 0.175. The first kappa shape index (κ1) is 13.4. The molecular formula is C12H13NO3S. The van der Waals surface area contributed by atoms with Crippen LogP contribution in [0.5, 0.6) is 5.75 Å². The van der Waals surface area contributed by atoms with E-state index in [0.717, 1.165) is 0 Å². The number of nitrogens with zero attached hydrogens (tertiary/aromatic N) is 1. The van der Waals surface area contributed by atoms with Gasteiger partial charge in [0.15, 0.2) is 0 Å². The van der Waals surface area contributed by atoms with Crippen LogP contribution in [0.1, 0.15) is 24.2 Å². The van der Waals surface area contributed by atoms with Gasteiger partial charge in [-0.05, 0) is 44.3 Å². The predicted octanol–water partition coefficient (Wildman–Crippen LogP) is 3.00. The van der Waals surface area contributed by atoms with Crippen LogP contribution in [0.3, 0.4) is 0 Å². The first-order valence-electron chi connectivity index (χ1n) is 5.24. The van der Waals surface area contributed by atoms with E-state index >= 15 is 0 Å². The number of isothiocyanates is 1. The zero-order valence-corrected chi connectivity index (χ0v) is 10.5. The minimum absolute atomic E-state index is 0.331. The van der Waals surface area contributed by atoms with Crippen LogP contribution >= 0.6 is 12.2 Å². The fourth-order valence-corrected chi connectivity index (χ4v) is 1.37. The Morgan fingerprint density at radius 2 is 2.18 bits per heavy atom. The molecule has 0 aromatic heterocycles. The maximum absolute atomic E-state index is 11.5. The standard InChI is InChI=1S/C12H13NO3S/c1-3-15-11-6-5-9(12(14)16-4-2)7-10(11)13-8-17/h5-7H,3-4H2,1-2H3. The number of ether oxygens (including phenoxy) is 2. The molecule has 0 N–H and O–H groups in total. The van der Waals surface area contributed by atoms with Crippen molar-refractivity contribution in [1.29, 1.82) is 0 Å². The van der Waals surface area contributed by atoms with Crippen molar-refractivity contribution in [3.05, 3.63) is 23.8 Å². The Morgan fingerprint density at radius 3 is 2.76 bits per heavy atom. The summed E-state index contributed by atoms with van der Waals surface area (Å²) in [5.41, 5.74) is 0.895. The fraction of sp³-hybridized carbons (Fsp3) is 0.333. The van der Waals surface area contributed by atoms with Crippen LogP contribution < -0.4 is 4.74 Å². The third kappa shape index (κ3) is 3.66. The quantitative estimate of drug-likeness (QED) is 0.458. The molecule has 0 bridgehead atoms. The molecule has 0 atom stereocenters. The number of carbonyl (C=O) groups is 1. The lowest BCUT2D eigenvalue weighted by molar-refractivity contribution is 0.0526. The second-order valence-corrected chi connectivity index (χ2v) is 3.22. The van der Waals surface area contributed by atoms with Crippen LogP contribution in [-0.4, -0.2) is 24.3 Å². The Morgan fingerprint density at radius 1 is 1.41 bits per heavy atom. The smallest absolute Gasteiger partial charge is 0.338 e. The molecule has 0 saturated heterocycles. The molecule has 90 valence electrons. The van der Waals surface area contributed by atoms with Crippen molar-refractivity contribution in [2.45, 2.75) is 13.8 Å². The summed E-state index contributed by atoms with van der Waals surface area (Å²) >= 11 is 4.55. The Labute approximate surface area is 105 Å². The summed E-state index contributed by atoms with van der Waals surface area (Å²) in [6, 6.07) is 4.87. The first-order valence-corrected chi connectivity index (χ1v) is 5.65. The van der Waals surface area contributed by atoms with Crippen molar-refractivity contribution in [2.24, 2.45) is 4.99 Å². The van der Waals surface area contributed by atoms with Crippen molar-refractivity contribution in [3.63, 3.8) is 0 Å². The normalized spacial score (nSPS) is 9.29. The molecule has 0 saturated carbocycles. The highest BCUT2D eigenvalue weighted by Gasteiger charge is 2.10. The summed E-state index contributed by atoms with van der Waals surface area (Å²) in [6.45, 7) is 4.46. The van der Waals surface area contributed by atoms with Gasteiger partial charge in [-0.2, -0.15) is 4.99 Å². The van der Waals surface area contributed by atoms with E-state index in [2.05, 4.69) is 22.4 Å². The summed E-state index contributed by atoms with van der Waals surface area (Å²) in [4.78, 5) is 15.4. The van der Waals surface area contributed by atoms with Gasteiger partial charge in [-0.1, -0.05) is 0 Å². The highest BCUT2D eigenvalue weighted by molar-refractivity contribution is 7.78. The Balaban J connectivity index is 3.08. The van der Waals surface area contributed by atoms with Crippen LogP contribution in [0.2, 0.25) is 0 Å². The third-order valence-corrected chi connectivity index (χ3v) is 2.03. The highest BCUT2D eigenvalue weighted by atomic mass is 32.1. The van der Waals surface area contributed by atoms with Gasteiger partial charge in [0.1, 0.15) is 11.4 Å². The van der Waals surface area contributed by atoms with Gasteiger partial charge in [-0.15, -0.1) is 0 Å². The van der Waals surface area contributed by atoms with Gasteiger partial charge in [0.25, 0.3) is 0 Å². The maximum atomic E-state index is 11.5. The molecule has 0 radical (unpaired) electrons. The molecule has 1 rings (SSSR count). The van der Waals surface area contributed by atoms with E-state index in [0.29, 0.717) is 30.2 Å². The zero-order chi connectivity index (χ0) is 12.7. The molecule has 17 heavy (non-hydrogen) atoms. The number of benzene rings is 1.